The van der Waals surface area contributed by atoms with Crippen molar-refractivity contribution in [3.8, 4) is 0 Å². The Hall–Kier alpha value is -1.82. The molecule has 1 aromatic carbocycles. The van der Waals surface area contributed by atoms with Crippen LogP contribution in [0, 0.1) is 17.8 Å². The molecule has 4 aliphatic rings. The average molecular weight is 483 g/mol. The molecule has 2 saturated carbocycles. The number of fused-ring (bicyclic) bond motifs is 1. The van der Waals surface area contributed by atoms with E-state index in [-0.39, 0.29) is 17.7 Å². The number of nitrogens with zero attached hydrogens (tertiary/aromatic N) is 1. The van der Waals surface area contributed by atoms with Crippen molar-refractivity contribution in [1.82, 2.24) is 10.2 Å². The van der Waals surface area contributed by atoms with Gasteiger partial charge in [-0.2, -0.15) is 0 Å². The number of carbonyl (C=O) groups is 3. The lowest BCUT2D eigenvalue weighted by atomic mass is 9.91. The van der Waals surface area contributed by atoms with Gasteiger partial charge in [-0.15, -0.1) is 11.8 Å². The highest BCUT2D eigenvalue weighted by molar-refractivity contribution is 7.99. The van der Waals surface area contributed by atoms with Gasteiger partial charge in [0.1, 0.15) is 6.04 Å². The Kier molecular flexibility index (Phi) is 7.62. The number of amides is 3. The predicted octanol–water partition coefficient (Wildman–Crippen LogP) is 5.71. The zero-order chi connectivity index (χ0) is 23.5. The SMILES string of the molecule is O=C1CCC(N2Cc3c(SCCCCCCCCC(C4CC4)C4CC4)cccc3C2=O)C(=O)N1. The van der Waals surface area contributed by atoms with Gasteiger partial charge in [0.05, 0.1) is 0 Å². The number of rotatable bonds is 13. The third kappa shape index (κ3) is 5.69. The van der Waals surface area contributed by atoms with E-state index in [0.717, 1.165) is 34.0 Å². The highest BCUT2D eigenvalue weighted by Gasteiger charge is 2.41. The van der Waals surface area contributed by atoms with Crippen molar-refractivity contribution in [3.63, 3.8) is 0 Å². The fourth-order valence-electron chi connectivity index (χ4n) is 5.97. The van der Waals surface area contributed by atoms with Crippen LogP contribution in [-0.4, -0.2) is 34.4 Å². The number of thioether (sulfide) groups is 1. The van der Waals surface area contributed by atoms with E-state index in [0.29, 0.717) is 24.9 Å². The molecule has 5 nitrogen and oxygen atoms in total. The van der Waals surface area contributed by atoms with Crippen molar-refractivity contribution in [1.29, 1.82) is 0 Å². The van der Waals surface area contributed by atoms with Crippen LogP contribution in [0.5, 0.6) is 0 Å². The van der Waals surface area contributed by atoms with E-state index in [9.17, 15) is 14.4 Å². The first-order chi connectivity index (χ1) is 16.6. The van der Waals surface area contributed by atoms with Crippen molar-refractivity contribution in [2.45, 2.75) is 101 Å². The number of hydrogen-bond acceptors (Lipinski definition) is 4. The van der Waals surface area contributed by atoms with Crippen molar-refractivity contribution < 1.29 is 14.4 Å². The third-order valence-electron chi connectivity index (χ3n) is 8.18. The van der Waals surface area contributed by atoms with Crippen LogP contribution in [0.25, 0.3) is 0 Å². The standard InChI is InChI=1S/C28H38N2O3S/c31-26-16-15-24(27(32)29-26)30-18-23-22(28(30)33)9-7-10-25(23)34-17-6-4-2-1-3-5-8-21(19-11-12-19)20-13-14-20/h7,9-10,19-21,24H,1-6,8,11-18H2,(H,29,31,32). The second-order valence-electron chi connectivity index (χ2n) is 10.8. The van der Waals surface area contributed by atoms with Crippen LogP contribution in [0.3, 0.4) is 0 Å². The van der Waals surface area contributed by atoms with Crippen molar-refractivity contribution >= 4 is 29.5 Å². The van der Waals surface area contributed by atoms with Crippen LogP contribution in [0.2, 0.25) is 0 Å². The Morgan fingerprint density at radius 1 is 0.912 bits per heavy atom. The molecule has 1 saturated heterocycles. The third-order valence-corrected chi connectivity index (χ3v) is 9.37. The summed E-state index contributed by atoms with van der Waals surface area (Å²) in [7, 11) is 0. The summed E-state index contributed by atoms with van der Waals surface area (Å²) < 4.78 is 0. The number of piperidine rings is 1. The molecule has 1 N–H and O–H groups in total. The molecule has 5 rings (SSSR count). The van der Waals surface area contributed by atoms with E-state index in [1.165, 1.54) is 70.6 Å². The highest BCUT2D eigenvalue weighted by atomic mass is 32.2. The van der Waals surface area contributed by atoms with E-state index in [2.05, 4.69) is 11.4 Å². The van der Waals surface area contributed by atoms with Crippen molar-refractivity contribution in [2.75, 3.05) is 5.75 Å². The van der Waals surface area contributed by atoms with E-state index in [4.69, 9.17) is 0 Å². The topological polar surface area (TPSA) is 66.5 Å². The van der Waals surface area contributed by atoms with Crippen LogP contribution in [0.15, 0.2) is 23.1 Å². The zero-order valence-corrected chi connectivity index (χ0v) is 21.0. The zero-order valence-electron chi connectivity index (χ0n) is 20.2. The van der Waals surface area contributed by atoms with Crippen LogP contribution >= 0.6 is 11.8 Å². The van der Waals surface area contributed by atoms with Crippen LogP contribution in [0.4, 0.5) is 0 Å². The lowest BCUT2D eigenvalue weighted by Gasteiger charge is -2.29. The molecule has 3 amide bonds. The van der Waals surface area contributed by atoms with Gasteiger partial charge in [-0.25, -0.2) is 0 Å². The minimum Gasteiger partial charge on any atom is -0.322 e. The smallest absolute Gasteiger partial charge is 0.255 e. The molecule has 3 fully saturated rings. The number of hydrogen-bond donors (Lipinski definition) is 1. The quantitative estimate of drug-likeness (QED) is 0.222. The van der Waals surface area contributed by atoms with Crippen LogP contribution in [0.1, 0.15) is 99.4 Å². The molecule has 34 heavy (non-hydrogen) atoms. The molecule has 184 valence electrons. The predicted molar refractivity (Wildman–Crippen MR) is 134 cm³/mol. The van der Waals surface area contributed by atoms with Gasteiger partial charge in [-0.05, 0) is 86.1 Å². The monoisotopic (exact) mass is 482 g/mol. The molecule has 2 aliphatic carbocycles. The molecule has 0 spiro atoms. The minimum atomic E-state index is -0.542. The van der Waals surface area contributed by atoms with Crippen molar-refractivity contribution in [2.24, 2.45) is 17.8 Å². The van der Waals surface area contributed by atoms with E-state index < -0.39 is 6.04 Å². The first-order valence-electron chi connectivity index (χ1n) is 13.5. The maximum absolute atomic E-state index is 13.0. The normalized spacial score (nSPS) is 22.4. The molecular formula is C28H38N2O3S. The summed E-state index contributed by atoms with van der Waals surface area (Å²) in [6.45, 7) is 0.465. The summed E-state index contributed by atoms with van der Waals surface area (Å²) in [5, 5.41) is 2.38. The molecule has 1 unspecified atom stereocenters. The lowest BCUT2D eigenvalue weighted by molar-refractivity contribution is -0.136. The largest absolute Gasteiger partial charge is 0.322 e. The summed E-state index contributed by atoms with van der Waals surface area (Å²) in [5.74, 6) is 3.64. The number of carbonyl (C=O) groups excluding carboxylic acids is 3. The Balaban J connectivity index is 1.01. The van der Waals surface area contributed by atoms with Crippen LogP contribution < -0.4 is 5.32 Å². The molecule has 2 heterocycles. The van der Waals surface area contributed by atoms with E-state index in [1.54, 1.807) is 4.90 Å². The van der Waals surface area contributed by atoms with E-state index >= 15 is 0 Å². The maximum Gasteiger partial charge on any atom is 0.255 e. The molecule has 2 aliphatic heterocycles. The van der Waals surface area contributed by atoms with Gasteiger partial charge in [0, 0.05) is 23.4 Å². The van der Waals surface area contributed by atoms with Gasteiger partial charge in [0.25, 0.3) is 5.91 Å². The van der Waals surface area contributed by atoms with Gasteiger partial charge < -0.3 is 4.90 Å². The first-order valence-corrected chi connectivity index (χ1v) is 14.5. The van der Waals surface area contributed by atoms with Gasteiger partial charge in [0.15, 0.2) is 0 Å². The number of benzene rings is 1. The first kappa shape index (κ1) is 23.9. The molecule has 1 aromatic rings. The summed E-state index contributed by atoms with van der Waals surface area (Å²) in [4.78, 5) is 39.5. The maximum atomic E-state index is 13.0. The Morgan fingerprint density at radius 3 is 2.32 bits per heavy atom. The number of unbranched alkanes of at least 4 members (excludes halogenated alkanes) is 5. The van der Waals surface area contributed by atoms with Crippen molar-refractivity contribution in [3.05, 3.63) is 29.3 Å². The molecule has 0 aromatic heterocycles. The van der Waals surface area contributed by atoms with E-state index in [1.807, 2.05) is 23.9 Å². The average Bonchev–Trinajstić information content (AvgIpc) is 3.75. The van der Waals surface area contributed by atoms with Gasteiger partial charge >= 0.3 is 0 Å². The van der Waals surface area contributed by atoms with Gasteiger partial charge in [-0.3, -0.25) is 19.7 Å². The highest BCUT2D eigenvalue weighted by Crippen LogP contribution is 2.51. The molecule has 6 heteroatoms. The fraction of sp³-hybridized carbons (Fsp3) is 0.679. The molecular weight excluding hydrogens is 444 g/mol. The Bertz CT molecular complexity index is 912. The molecule has 0 bridgehead atoms. The Morgan fingerprint density at radius 2 is 1.62 bits per heavy atom. The van der Waals surface area contributed by atoms with Crippen LogP contribution in [-0.2, 0) is 16.1 Å². The molecule has 0 radical (unpaired) electrons. The summed E-state index contributed by atoms with van der Waals surface area (Å²) in [6, 6.07) is 5.37. The summed E-state index contributed by atoms with van der Waals surface area (Å²) in [6.07, 6.45) is 16.2. The second-order valence-corrected chi connectivity index (χ2v) is 11.9. The van der Waals surface area contributed by atoms with Gasteiger partial charge in [-0.1, -0.05) is 38.2 Å². The lowest BCUT2D eigenvalue weighted by Crippen LogP contribution is -2.52. The van der Waals surface area contributed by atoms with Gasteiger partial charge in [0.2, 0.25) is 11.8 Å². The minimum absolute atomic E-state index is 0.0856. The molecule has 1 atom stereocenters. The fourth-order valence-corrected chi connectivity index (χ4v) is 7.06. The number of imide groups is 1. The summed E-state index contributed by atoms with van der Waals surface area (Å²) in [5.41, 5.74) is 1.76. The summed E-state index contributed by atoms with van der Waals surface area (Å²) >= 11 is 1.84. The Labute approximate surface area is 207 Å². The second kappa shape index (κ2) is 10.8. The number of nitrogens with one attached hydrogen (secondary N) is 1.